The summed E-state index contributed by atoms with van der Waals surface area (Å²) < 4.78 is 18.2. The SMILES string of the molecule is O=COC(c1ccccc1)c1cccc(F)c1. The monoisotopic (exact) mass is 230 g/mol. The van der Waals surface area contributed by atoms with Crippen molar-refractivity contribution >= 4 is 6.47 Å². The Morgan fingerprint density at radius 2 is 1.71 bits per heavy atom. The normalized spacial score (nSPS) is 11.8. The van der Waals surface area contributed by atoms with Crippen LogP contribution < -0.4 is 0 Å². The van der Waals surface area contributed by atoms with Crippen molar-refractivity contribution in [3.05, 3.63) is 71.5 Å². The highest BCUT2D eigenvalue weighted by Gasteiger charge is 2.15. The van der Waals surface area contributed by atoms with Crippen molar-refractivity contribution in [3.63, 3.8) is 0 Å². The van der Waals surface area contributed by atoms with E-state index in [9.17, 15) is 9.18 Å². The maximum atomic E-state index is 13.1. The summed E-state index contributed by atoms with van der Waals surface area (Å²) in [5, 5.41) is 0. The van der Waals surface area contributed by atoms with Gasteiger partial charge in [0.1, 0.15) is 5.82 Å². The average molecular weight is 230 g/mol. The van der Waals surface area contributed by atoms with E-state index in [0.717, 1.165) is 5.56 Å². The Hall–Kier alpha value is -2.16. The minimum Gasteiger partial charge on any atom is -0.455 e. The van der Waals surface area contributed by atoms with Crippen LogP contribution in [0.3, 0.4) is 0 Å². The van der Waals surface area contributed by atoms with Gasteiger partial charge in [0.2, 0.25) is 0 Å². The third kappa shape index (κ3) is 2.69. The molecule has 1 atom stereocenters. The van der Waals surface area contributed by atoms with Gasteiger partial charge in [0.15, 0.2) is 6.10 Å². The second-order valence-corrected chi connectivity index (χ2v) is 3.58. The molecule has 2 aromatic carbocycles. The summed E-state index contributed by atoms with van der Waals surface area (Å²) in [5.74, 6) is -0.349. The van der Waals surface area contributed by atoms with E-state index in [1.807, 2.05) is 30.3 Å². The second-order valence-electron chi connectivity index (χ2n) is 3.58. The predicted octanol–water partition coefficient (Wildman–Crippen LogP) is 3.09. The zero-order chi connectivity index (χ0) is 12.1. The lowest BCUT2D eigenvalue weighted by Crippen LogP contribution is -2.05. The average Bonchev–Trinajstić information content (AvgIpc) is 2.37. The lowest BCUT2D eigenvalue weighted by Gasteiger charge is -2.15. The largest absolute Gasteiger partial charge is 0.455 e. The Balaban J connectivity index is 2.39. The van der Waals surface area contributed by atoms with E-state index in [4.69, 9.17) is 4.74 Å². The molecule has 0 saturated heterocycles. The zero-order valence-electron chi connectivity index (χ0n) is 9.05. The van der Waals surface area contributed by atoms with Crippen LogP contribution in [0.15, 0.2) is 54.6 Å². The maximum absolute atomic E-state index is 13.1. The van der Waals surface area contributed by atoms with Crippen LogP contribution in [-0.4, -0.2) is 6.47 Å². The maximum Gasteiger partial charge on any atom is 0.294 e. The zero-order valence-corrected chi connectivity index (χ0v) is 9.05. The van der Waals surface area contributed by atoms with Gasteiger partial charge in [-0.15, -0.1) is 0 Å². The fraction of sp³-hybridized carbons (Fsp3) is 0.0714. The summed E-state index contributed by atoms with van der Waals surface area (Å²) in [7, 11) is 0. The minimum atomic E-state index is -0.565. The molecule has 3 heteroatoms. The highest BCUT2D eigenvalue weighted by Crippen LogP contribution is 2.25. The van der Waals surface area contributed by atoms with Gasteiger partial charge in [0.05, 0.1) is 0 Å². The van der Waals surface area contributed by atoms with E-state index in [1.165, 1.54) is 12.1 Å². The molecule has 17 heavy (non-hydrogen) atoms. The standard InChI is InChI=1S/C14H11FO2/c15-13-8-4-7-12(9-13)14(17-10-16)11-5-2-1-3-6-11/h1-10,14H. The first-order chi connectivity index (χ1) is 8.31. The van der Waals surface area contributed by atoms with Gasteiger partial charge in [0.25, 0.3) is 6.47 Å². The molecule has 0 spiro atoms. The summed E-state index contributed by atoms with van der Waals surface area (Å²) >= 11 is 0. The lowest BCUT2D eigenvalue weighted by molar-refractivity contribution is -0.132. The van der Waals surface area contributed by atoms with Gasteiger partial charge in [-0.3, -0.25) is 4.79 Å². The Morgan fingerprint density at radius 1 is 1.00 bits per heavy atom. The van der Waals surface area contributed by atoms with Crippen LogP contribution in [0.4, 0.5) is 4.39 Å². The van der Waals surface area contributed by atoms with E-state index in [0.29, 0.717) is 12.0 Å². The summed E-state index contributed by atoms with van der Waals surface area (Å²) in [5.41, 5.74) is 1.42. The van der Waals surface area contributed by atoms with Crippen molar-refractivity contribution in [3.8, 4) is 0 Å². The van der Waals surface area contributed by atoms with E-state index < -0.39 is 6.10 Å². The van der Waals surface area contributed by atoms with E-state index in [1.54, 1.807) is 12.1 Å². The quantitative estimate of drug-likeness (QED) is 0.754. The van der Waals surface area contributed by atoms with Gasteiger partial charge < -0.3 is 4.74 Å². The first-order valence-corrected chi connectivity index (χ1v) is 5.21. The van der Waals surface area contributed by atoms with Crippen molar-refractivity contribution in [2.45, 2.75) is 6.10 Å². The van der Waals surface area contributed by atoms with Crippen LogP contribution in [0.5, 0.6) is 0 Å². The molecule has 1 unspecified atom stereocenters. The molecule has 0 heterocycles. The van der Waals surface area contributed by atoms with Crippen LogP contribution in [0.25, 0.3) is 0 Å². The van der Waals surface area contributed by atoms with E-state index in [-0.39, 0.29) is 5.82 Å². The van der Waals surface area contributed by atoms with Gasteiger partial charge in [-0.1, -0.05) is 42.5 Å². The van der Waals surface area contributed by atoms with Crippen LogP contribution >= 0.6 is 0 Å². The number of rotatable bonds is 4. The summed E-state index contributed by atoms with van der Waals surface area (Å²) in [6.45, 7) is 0.378. The first-order valence-electron chi connectivity index (χ1n) is 5.21. The van der Waals surface area contributed by atoms with Gasteiger partial charge in [-0.2, -0.15) is 0 Å². The summed E-state index contributed by atoms with van der Waals surface area (Å²) in [6, 6.07) is 15.3. The van der Waals surface area contributed by atoms with E-state index in [2.05, 4.69) is 0 Å². The van der Waals surface area contributed by atoms with Gasteiger partial charge in [0, 0.05) is 0 Å². The number of carbonyl (C=O) groups is 1. The summed E-state index contributed by atoms with van der Waals surface area (Å²) in [6.07, 6.45) is -0.565. The molecule has 0 amide bonds. The minimum absolute atomic E-state index is 0.349. The fourth-order valence-corrected chi connectivity index (χ4v) is 1.70. The molecule has 0 bridgehead atoms. The predicted molar refractivity (Wildman–Crippen MR) is 61.8 cm³/mol. The molecule has 0 aliphatic heterocycles. The van der Waals surface area contributed by atoms with Crippen LogP contribution in [0.2, 0.25) is 0 Å². The molecular formula is C14H11FO2. The number of benzene rings is 2. The Bertz CT molecular complexity index is 497. The molecule has 2 nitrogen and oxygen atoms in total. The lowest BCUT2D eigenvalue weighted by atomic mass is 10.0. The Labute approximate surface area is 98.7 Å². The van der Waals surface area contributed by atoms with Crippen LogP contribution in [0, 0.1) is 5.82 Å². The number of halogens is 1. The van der Waals surface area contributed by atoms with Crippen LogP contribution in [0.1, 0.15) is 17.2 Å². The van der Waals surface area contributed by atoms with Crippen molar-refractivity contribution in [2.24, 2.45) is 0 Å². The number of carbonyl (C=O) groups excluding carboxylic acids is 1. The molecule has 0 aliphatic rings. The third-order valence-corrected chi connectivity index (χ3v) is 2.45. The smallest absolute Gasteiger partial charge is 0.294 e. The van der Waals surface area contributed by atoms with Gasteiger partial charge >= 0.3 is 0 Å². The molecule has 0 N–H and O–H groups in total. The third-order valence-electron chi connectivity index (χ3n) is 2.45. The molecule has 0 saturated carbocycles. The molecule has 86 valence electrons. The number of ether oxygens (including phenoxy) is 1. The molecule has 0 aromatic heterocycles. The highest BCUT2D eigenvalue weighted by molar-refractivity contribution is 5.41. The van der Waals surface area contributed by atoms with Gasteiger partial charge in [-0.05, 0) is 23.3 Å². The molecule has 2 rings (SSSR count). The van der Waals surface area contributed by atoms with Crippen molar-refractivity contribution < 1.29 is 13.9 Å². The fourth-order valence-electron chi connectivity index (χ4n) is 1.70. The molecule has 2 aromatic rings. The highest BCUT2D eigenvalue weighted by atomic mass is 19.1. The number of hydrogen-bond donors (Lipinski definition) is 0. The molecule has 0 radical (unpaired) electrons. The first kappa shape index (κ1) is 11.3. The van der Waals surface area contributed by atoms with Crippen molar-refractivity contribution in [1.29, 1.82) is 0 Å². The topological polar surface area (TPSA) is 26.3 Å². The summed E-state index contributed by atoms with van der Waals surface area (Å²) in [4.78, 5) is 10.5. The van der Waals surface area contributed by atoms with Crippen molar-refractivity contribution in [1.82, 2.24) is 0 Å². The van der Waals surface area contributed by atoms with Gasteiger partial charge in [-0.25, -0.2) is 4.39 Å². The van der Waals surface area contributed by atoms with E-state index >= 15 is 0 Å². The Kier molecular flexibility index (Phi) is 3.50. The Morgan fingerprint density at radius 3 is 2.35 bits per heavy atom. The second kappa shape index (κ2) is 5.25. The number of hydrogen-bond acceptors (Lipinski definition) is 2. The van der Waals surface area contributed by atoms with Crippen LogP contribution in [-0.2, 0) is 9.53 Å². The van der Waals surface area contributed by atoms with Crippen molar-refractivity contribution in [2.75, 3.05) is 0 Å². The molecule has 0 aliphatic carbocycles. The molecule has 0 fully saturated rings. The molecular weight excluding hydrogens is 219 g/mol.